The van der Waals surface area contributed by atoms with Crippen molar-refractivity contribution in [3.05, 3.63) is 131 Å². The predicted molar refractivity (Wildman–Crippen MR) is 129 cm³/mol. The van der Waals surface area contributed by atoms with Crippen molar-refractivity contribution in [3.63, 3.8) is 0 Å². The Hall–Kier alpha value is -3.64. The highest BCUT2D eigenvalue weighted by Gasteiger charge is 2.13. The zero-order valence-electron chi connectivity index (χ0n) is 16.8. The highest BCUT2D eigenvalue weighted by atomic mass is 14.2. The summed E-state index contributed by atoms with van der Waals surface area (Å²) < 4.78 is 0. The molecule has 142 valence electrons. The molecule has 30 heavy (non-hydrogen) atoms. The second-order valence-corrected chi connectivity index (χ2v) is 8.20. The molecule has 0 heteroatoms. The van der Waals surface area contributed by atoms with Crippen LogP contribution in [0.5, 0.6) is 0 Å². The van der Waals surface area contributed by atoms with E-state index in [-0.39, 0.29) is 0 Å². The van der Waals surface area contributed by atoms with Crippen molar-refractivity contribution in [1.29, 1.82) is 0 Å². The maximum Gasteiger partial charge on any atom is -0.00196 e. The summed E-state index contributed by atoms with van der Waals surface area (Å²) in [4.78, 5) is 0. The summed E-state index contributed by atoms with van der Waals surface area (Å²) in [5.41, 5.74) is 5.52. The quantitative estimate of drug-likeness (QED) is 0.273. The molecule has 0 saturated heterocycles. The van der Waals surface area contributed by atoms with E-state index in [4.69, 9.17) is 0 Å². The van der Waals surface area contributed by atoms with Gasteiger partial charge >= 0.3 is 0 Å². The molecule has 0 nitrogen and oxygen atoms in total. The van der Waals surface area contributed by atoms with Crippen LogP contribution < -0.4 is 0 Å². The first-order chi connectivity index (χ1) is 14.9. The Bertz CT molecular complexity index is 1350. The molecule has 0 aromatic heterocycles. The molecule has 0 atom stereocenters. The fraction of sp³-hybridized carbons (Fsp3) is 0.0667. The maximum atomic E-state index is 2.32. The molecule has 6 aromatic rings. The van der Waals surface area contributed by atoms with E-state index in [9.17, 15) is 0 Å². The average molecular weight is 383 g/mol. The van der Waals surface area contributed by atoms with Crippen LogP contribution in [0.15, 0.2) is 109 Å². The van der Waals surface area contributed by atoms with Crippen molar-refractivity contribution in [3.8, 4) is 0 Å². The van der Waals surface area contributed by atoms with Crippen molar-refractivity contribution >= 4 is 32.3 Å². The molecule has 0 bridgehead atoms. The van der Waals surface area contributed by atoms with Gasteiger partial charge in [0.25, 0.3) is 0 Å². The van der Waals surface area contributed by atoms with E-state index in [1.807, 2.05) is 0 Å². The van der Waals surface area contributed by atoms with Crippen molar-refractivity contribution in [1.82, 2.24) is 0 Å². The lowest BCUT2D eigenvalue weighted by molar-refractivity contribution is 1.21. The van der Waals surface area contributed by atoms with E-state index in [1.165, 1.54) is 54.6 Å². The Morgan fingerprint density at radius 2 is 0.767 bits per heavy atom. The summed E-state index contributed by atoms with van der Waals surface area (Å²) >= 11 is 0. The number of hydrogen-bond donors (Lipinski definition) is 0. The van der Waals surface area contributed by atoms with E-state index < -0.39 is 0 Å². The van der Waals surface area contributed by atoms with E-state index in [0.29, 0.717) is 0 Å². The normalized spacial score (nSPS) is 11.6. The number of hydrogen-bond acceptors (Lipinski definition) is 0. The molecule has 0 aliphatic heterocycles. The van der Waals surface area contributed by atoms with Gasteiger partial charge in [0.05, 0.1) is 0 Å². The minimum Gasteiger partial charge on any atom is -0.0622 e. The van der Waals surface area contributed by atoms with Crippen molar-refractivity contribution in [2.45, 2.75) is 12.8 Å². The third-order valence-electron chi connectivity index (χ3n) is 6.32. The summed E-state index contributed by atoms with van der Waals surface area (Å²) in [6.45, 7) is 0. The lowest BCUT2D eigenvalue weighted by Gasteiger charge is -2.16. The summed E-state index contributed by atoms with van der Waals surface area (Å²) in [6, 6.07) is 40.0. The van der Waals surface area contributed by atoms with Gasteiger partial charge in [-0.2, -0.15) is 0 Å². The molecular weight excluding hydrogens is 360 g/mol. The van der Waals surface area contributed by atoms with Gasteiger partial charge in [-0.15, -0.1) is 0 Å². The summed E-state index contributed by atoms with van der Waals surface area (Å²) in [5.74, 6) is 0. The lowest BCUT2D eigenvalue weighted by Crippen LogP contribution is -1.94. The van der Waals surface area contributed by atoms with Crippen molar-refractivity contribution in [2.75, 3.05) is 0 Å². The van der Waals surface area contributed by atoms with Crippen LogP contribution >= 0.6 is 0 Å². The maximum absolute atomic E-state index is 2.32. The first-order valence-electron chi connectivity index (χ1n) is 10.6. The number of benzene rings is 6. The summed E-state index contributed by atoms with van der Waals surface area (Å²) in [7, 11) is 0. The molecular formula is C30H22. The van der Waals surface area contributed by atoms with Gasteiger partial charge in [-0.3, -0.25) is 0 Å². The third kappa shape index (κ3) is 2.84. The zero-order valence-corrected chi connectivity index (χ0v) is 16.8. The van der Waals surface area contributed by atoms with Gasteiger partial charge in [-0.25, -0.2) is 0 Å². The van der Waals surface area contributed by atoms with Crippen LogP contribution in [0.25, 0.3) is 32.3 Å². The van der Waals surface area contributed by atoms with Gasteiger partial charge < -0.3 is 0 Å². The molecule has 0 radical (unpaired) electrons. The molecule has 0 spiro atoms. The average Bonchev–Trinajstić information content (AvgIpc) is 2.81. The molecule has 0 aliphatic rings. The van der Waals surface area contributed by atoms with Gasteiger partial charge in [0.2, 0.25) is 0 Å². The minimum absolute atomic E-state index is 0.964. The van der Waals surface area contributed by atoms with Crippen LogP contribution in [0.2, 0.25) is 0 Å². The monoisotopic (exact) mass is 382 g/mol. The van der Waals surface area contributed by atoms with Crippen molar-refractivity contribution in [2.24, 2.45) is 0 Å². The molecule has 0 saturated carbocycles. The van der Waals surface area contributed by atoms with Crippen LogP contribution in [0.1, 0.15) is 22.3 Å². The highest BCUT2D eigenvalue weighted by molar-refractivity contribution is 6.24. The second-order valence-electron chi connectivity index (χ2n) is 8.20. The van der Waals surface area contributed by atoms with Crippen LogP contribution in [0, 0.1) is 0 Å². The van der Waals surface area contributed by atoms with E-state index in [0.717, 1.165) is 12.8 Å². The Morgan fingerprint density at radius 1 is 0.367 bits per heavy atom. The molecule has 0 N–H and O–H groups in total. The van der Waals surface area contributed by atoms with E-state index >= 15 is 0 Å². The fourth-order valence-electron chi connectivity index (χ4n) is 4.86. The Morgan fingerprint density at radius 3 is 1.20 bits per heavy atom. The van der Waals surface area contributed by atoms with Crippen LogP contribution in [0.3, 0.4) is 0 Å². The third-order valence-corrected chi connectivity index (χ3v) is 6.32. The first kappa shape index (κ1) is 17.2. The Labute approximate surface area is 176 Å². The largest absolute Gasteiger partial charge is 0.0622 e. The fourth-order valence-corrected chi connectivity index (χ4v) is 4.86. The molecule has 0 unspecified atom stereocenters. The topological polar surface area (TPSA) is 0 Å². The first-order valence-corrected chi connectivity index (χ1v) is 10.6. The predicted octanol–water partition coefficient (Wildman–Crippen LogP) is 7.77. The SMILES string of the molecule is c1ccc(Cc2ccc3ccc4c(Cc5ccccc5)ccc5ccc2c3c54)cc1. The van der Waals surface area contributed by atoms with Crippen molar-refractivity contribution < 1.29 is 0 Å². The van der Waals surface area contributed by atoms with Gasteiger partial charge in [0.1, 0.15) is 0 Å². The second kappa shape index (κ2) is 7.00. The molecule has 0 aliphatic carbocycles. The Balaban J connectivity index is 1.57. The zero-order chi connectivity index (χ0) is 19.9. The Kier molecular flexibility index (Phi) is 4.02. The standard InChI is InChI=1S/C30H22/c1-3-7-21(8-4-1)19-25-13-11-23-16-18-28-26(20-22-9-5-2-6-10-22)14-12-24-15-17-27(25)29(23)30(24)28/h1-18H,19-20H2. The van der Waals surface area contributed by atoms with E-state index in [2.05, 4.69) is 109 Å². The molecule has 6 aromatic carbocycles. The smallest absolute Gasteiger partial charge is 0.00196 e. The van der Waals surface area contributed by atoms with Gasteiger partial charge in [0, 0.05) is 0 Å². The summed E-state index contributed by atoms with van der Waals surface area (Å²) in [5, 5.41) is 8.24. The van der Waals surface area contributed by atoms with Gasteiger partial charge in [-0.05, 0) is 67.4 Å². The van der Waals surface area contributed by atoms with Crippen LogP contribution in [-0.2, 0) is 12.8 Å². The van der Waals surface area contributed by atoms with E-state index in [1.54, 1.807) is 0 Å². The summed E-state index contributed by atoms with van der Waals surface area (Å²) in [6.07, 6.45) is 1.93. The van der Waals surface area contributed by atoms with Gasteiger partial charge in [-0.1, -0.05) is 109 Å². The molecule has 0 amide bonds. The minimum atomic E-state index is 0.964. The lowest BCUT2D eigenvalue weighted by atomic mass is 9.87. The molecule has 0 heterocycles. The highest BCUT2D eigenvalue weighted by Crippen LogP contribution is 2.38. The molecule has 6 rings (SSSR count). The molecule has 0 fully saturated rings. The van der Waals surface area contributed by atoms with Gasteiger partial charge in [0.15, 0.2) is 0 Å². The van der Waals surface area contributed by atoms with Crippen LogP contribution in [0.4, 0.5) is 0 Å². The number of rotatable bonds is 4. The van der Waals surface area contributed by atoms with Crippen LogP contribution in [-0.4, -0.2) is 0 Å².